The van der Waals surface area contributed by atoms with Crippen LogP contribution in [-0.4, -0.2) is 37.1 Å². The fourth-order valence-electron chi connectivity index (χ4n) is 3.65. The molecule has 20 heavy (non-hydrogen) atoms. The summed E-state index contributed by atoms with van der Waals surface area (Å²) in [7, 11) is 0. The average Bonchev–Trinajstić information content (AvgIpc) is 2.91. The molecule has 0 aromatic heterocycles. The molecular formula is C15H26N2O3. The van der Waals surface area contributed by atoms with Gasteiger partial charge < -0.3 is 20.1 Å². The molecule has 2 N–H and O–H groups in total. The third kappa shape index (κ3) is 3.44. The van der Waals surface area contributed by atoms with Gasteiger partial charge in [-0.25, -0.2) is 4.79 Å². The number of ether oxygens (including phenoxy) is 2. The Morgan fingerprint density at radius 1 is 0.850 bits per heavy atom. The van der Waals surface area contributed by atoms with E-state index in [9.17, 15) is 4.79 Å². The van der Waals surface area contributed by atoms with Gasteiger partial charge in [-0.1, -0.05) is 19.3 Å². The van der Waals surface area contributed by atoms with Crippen molar-refractivity contribution >= 4 is 6.03 Å². The zero-order chi connectivity index (χ0) is 13.8. The summed E-state index contributed by atoms with van der Waals surface area (Å²) in [5.74, 6) is -0.335. The third-order valence-electron chi connectivity index (χ3n) is 4.84. The van der Waals surface area contributed by atoms with Crippen molar-refractivity contribution in [2.45, 2.75) is 75.7 Å². The predicted molar refractivity (Wildman–Crippen MR) is 75.4 cm³/mol. The third-order valence-corrected chi connectivity index (χ3v) is 4.84. The van der Waals surface area contributed by atoms with E-state index in [4.69, 9.17) is 9.47 Å². The number of hydrogen-bond donors (Lipinski definition) is 2. The Bertz CT molecular complexity index is 326. The number of urea groups is 1. The number of hydrogen-bond acceptors (Lipinski definition) is 3. The first kappa shape index (κ1) is 14.1. The molecule has 3 rings (SSSR count). The van der Waals surface area contributed by atoms with Crippen molar-refractivity contribution < 1.29 is 14.3 Å². The van der Waals surface area contributed by atoms with E-state index in [2.05, 4.69) is 10.6 Å². The number of amides is 2. The average molecular weight is 282 g/mol. The lowest BCUT2D eigenvalue weighted by Gasteiger charge is -2.35. The van der Waals surface area contributed by atoms with Crippen molar-refractivity contribution in [3.05, 3.63) is 0 Å². The minimum absolute atomic E-state index is 0.00566. The lowest BCUT2D eigenvalue weighted by Crippen LogP contribution is -2.49. The zero-order valence-electron chi connectivity index (χ0n) is 12.2. The summed E-state index contributed by atoms with van der Waals surface area (Å²) in [6, 6.07) is 0.642. The second-order valence-electron chi connectivity index (χ2n) is 6.33. The molecule has 114 valence electrons. The molecule has 1 heterocycles. The summed E-state index contributed by atoms with van der Waals surface area (Å²) in [5.41, 5.74) is 0. The van der Waals surface area contributed by atoms with Crippen LogP contribution in [0.3, 0.4) is 0 Å². The highest BCUT2D eigenvalue weighted by molar-refractivity contribution is 5.74. The molecule has 0 atom stereocenters. The molecule has 0 aromatic rings. The molecule has 0 aromatic carbocycles. The molecule has 3 fully saturated rings. The summed E-state index contributed by atoms with van der Waals surface area (Å²) >= 11 is 0. The fourth-order valence-corrected chi connectivity index (χ4v) is 3.65. The Hall–Kier alpha value is -0.810. The van der Waals surface area contributed by atoms with Crippen molar-refractivity contribution in [1.82, 2.24) is 10.6 Å². The maximum atomic E-state index is 12.0. The van der Waals surface area contributed by atoms with Crippen LogP contribution in [0.4, 0.5) is 4.79 Å². The highest BCUT2D eigenvalue weighted by Gasteiger charge is 2.40. The van der Waals surface area contributed by atoms with E-state index in [-0.39, 0.29) is 17.9 Å². The van der Waals surface area contributed by atoms with Crippen molar-refractivity contribution in [3.63, 3.8) is 0 Å². The smallest absolute Gasteiger partial charge is 0.315 e. The number of nitrogens with one attached hydrogen (secondary N) is 2. The van der Waals surface area contributed by atoms with Crippen molar-refractivity contribution in [2.24, 2.45) is 0 Å². The molecule has 0 unspecified atom stereocenters. The highest BCUT2D eigenvalue weighted by atomic mass is 16.7. The van der Waals surface area contributed by atoms with Crippen LogP contribution in [0, 0.1) is 0 Å². The quantitative estimate of drug-likeness (QED) is 0.817. The van der Waals surface area contributed by atoms with Crippen LogP contribution in [-0.2, 0) is 9.47 Å². The maximum absolute atomic E-state index is 12.0. The highest BCUT2D eigenvalue weighted by Crippen LogP contribution is 2.35. The number of rotatable bonds is 2. The molecule has 5 heteroatoms. The van der Waals surface area contributed by atoms with Crippen LogP contribution in [0.5, 0.6) is 0 Å². The lowest BCUT2D eigenvalue weighted by molar-refractivity contribution is -0.179. The Morgan fingerprint density at radius 2 is 1.40 bits per heavy atom. The van der Waals surface area contributed by atoms with Gasteiger partial charge in [-0.3, -0.25) is 0 Å². The Labute approximate surface area is 120 Å². The molecule has 2 amide bonds. The van der Waals surface area contributed by atoms with Gasteiger partial charge in [0, 0.05) is 24.9 Å². The zero-order valence-corrected chi connectivity index (χ0v) is 12.2. The lowest BCUT2D eigenvalue weighted by atomic mass is 9.90. The second kappa shape index (κ2) is 6.31. The monoisotopic (exact) mass is 282 g/mol. The van der Waals surface area contributed by atoms with Gasteiger partial charge in [-0.15, -0.1) is 0 Å². The first-order valence-corrected chi connectivity index (χ1v) is 8.11. The molecular weight excluding hydrogens is 256 g/mol. The number of carbonyl (C=O) groups excluding carboxylic acids is 1. The standard InChI is InChI=1S/C15H26N2O3/c18-14(16-12-4-2-1-3-5-12)17-13-6-8-15(9-7-13)19-10-11-20-15/h12-13H,1-11H2,(H2,16,17,18). The Kier molecular flexibility index (Phi) is 4.46. The molecule has 1 spiro atoms. The molecule has 1 saturated heterocycles. The van der Waals surface area contributed by atoms with Gasteiger partial charge in [0.25, 0.3) is 0 Å². The summed E-state index contributed by atoms with van der Waals surface area (Å²) < 4.78 is 11.4. The molecule has 2 aliphatic carbocycles. The van der Waals surface area contributed by atoms with E-state index >= 15 is 0 Å². The number of carbonyl (C=O) groups is 1. The SMILES string of the molecule is O=C(NC1CCCCC1)NC1CCC2(CC1)OCCO2. The van der Waals surface area contributed by atoms with Crippen LogP contribution in [0.2, 0.25) is 0 Å². The van der Waals surface area contributed by atoms with Crippen LogP contribution >= 0.6 is 0 Å². The minimum Gasteiger partial charge on any atom is -0.348 e. The van der Waals surface area contributed by atoms with Gasteiger partial charge in [-0.2, -0.15) is 0 Å². The molecule has 0 radical (unpaired) electrons. The van der Waals surface area contributed by atoms with E-state index in [1.54, 1.807) is 0 Å². The van der Waals surface area contributed by atoms with Gasteiger partial charge in [0.1, 0.15) is 0 Å². The van der Waals surface area contributed by atoms with Gasteiger partial charge in [0.05, 0.1) is 13.2 Å². The van der Waals surface area contributed by atoms with Gasteiger partial charge in [0.15, 0.2) is 5.79 Å². The van der Waals surface area contributed by atoms with Crippen molar-refractivity contribution in [1.29, 1.82) is 0 Å². The molecule has 3 aliphatic rings. The summed E-state index contributed by atoms with van der Waals surface area (Å²) in [4.78, 5) is 12.0. The predicted octanol–water partition coefficient (Wildman–Crippen LogP) is 2.30. The fraction of sp³-hybridized carbons (Fsp3) is 0.933. The van der Waals surface area contributed by atoms with Crippen molar-refractivity contribution in [3.8, 4) is 0 Å². The first-order chi connectivity index (χ1) is 9.76. The van der Waals surface area contributed by atoms with Crippen LogP contribution in [0.1, 0.15) is 57.8 Å². The van der Waals surface area contributed by atoms with E-state index < -0.39 is 0 Å². The molecule has 2 saturated carbocycles. The van der Waals surface area contributed by atoms with E-state index in [1.807, 2.05) is 0 Å². The topological polar surface area (TPSA) is 59.6 Å². The molecule has 5 nitrogen and oxygen atoms in total. The van der Waals surface area contributed by atoms with Crippen molar-refractivity contribution in [2.75, 3.05) is 13.2 Å². The molecule has 1 aliphatic heterocycles. The van der Waals surface area contributed by atoms with Crippen LogP contribution in [0.25, 0.3) is 0 Å². The maximum Gasteiger partial charge on any atom is 0.315 e. The summed E-state index contributed by atoms with van der Waals surface area (Å²) in [6.45, 7) is 1.42. The molecule has 0 bridgehead atoms. The van der Waals surface area contributed by atoms with E-state index in [0.29, 0.717) is 19.3 Å². The largest absolute Gasteiger partial charge is 0.348 e. The van der Waals surface area contributed by atoms with Gasteiger partial charge >= 0.3 is 6.03 Å². The summed E-state index contributed by atoms with van der Waals surface area (Å²) in [5, 5.41) is 6.23. The minimum atomic E-state index is -0.335. The Morgan fingerprint density at radius 3 is 2.00 bits per heavy atom. The van der Waals surface area contributed by atoms with Crippen LogP contribution < -0.4 is 10.6 Å². The van der Waals surface area contributed by atoms with Crippen LogP contribution in [0.15, 0.2) is 0 Å². The second-order valence-corrected chi connectivity index (χ2v) is 6.33. The van der Waals surface area contributed by atoms with Gasteiger partial charge in [-0.05, 0) is 25.7 Å². The first-order valence-electron chi connectivity index (χ1n) is 8.11. The van der Waals surface area contributed by atoms with Gasteiger partial charge in [0.2, 0.25) is 0 Å². The van der Waals surface area contributed by atoms with E-state index in [1.165, 1.54) is 19.3 Å². The summed E-state index contributed by atoms with van der Waals surface area (Å²) in [6.07, 6.45) is 9.71. The van der Waals surface area contributed by atoms with E-state index in [0.717, 1.165) is 38.5 Å². The normalized spacial score (nSPS) is 27.6. The Balaban J connectivity index is 1.39.